The number of methoxy groups -OCH3 is 3. The summed E-state index contributed by atoms with van der Waals surface area (Å²) < 4.78 is 24.5. The molecule has 112 valence electrons. The van der Waals surface area contributed by atoms with Crippen LogP contribution in [0.15, 0.2) is 0 Å². The van der Waals surface area contributed by atoms with Crippen molar-refractivity contribution in [3.63, 3.8) is 0 Å². The van der Waals surface area contributed by atoms with Crippen molar-refractivity contribution in [2.75, 3.05) is 27.9 Å². The van der Waals surface area contributed by atoms with Gasteiger partial charge in [0.05, 0.1) is 6.61 Å². The minimum atomic E-state index is -1.96. The van der Waals surface area contributed by atoms with E-state index in [0.717, 1.165) is 0 Å². The van der Waals surface area contributed by atoms with Gasteiger partial charge in [-0.1, -0.05) is 34.8 Å². The summed E-state index contributed by atoms with van der Waals surface area (Å²) in [7, 11) is 4.52. The molecule has 0 aliphatic carbocycles. The zero-order chi connectivity index (χ0) is 14.6. The summed E-state index contributed by atoms with van der Waals surface area (Å²) >= 11 is 16.6. The number of hydrogen-bond acceptors (Lipinski definition) is 6. The fourth-order valence-electron chi connectivity index (χ4n) is 1.76. The maximum atomic E-state index is 7.53. The van der Waals surface area contributed by atoms with Gasteiger partial charge in [-0.3, -0.25) is 5.41 Å². The van der Waals surface area contributed by atoms with E-state index >= 15 is 0 Å². The molecule has 0 bridgehead atoms. The second kappa shape index (κ2) is 7.26. The fourth-order valence-corrected chi connectivity index (χ4v) is 1.90. The van der Waals surface area contributed by atoms with Gasteiger partial charge in [-0.05, 0) is 0 Å². The van der Waals surface area contributed by atoms with Crippen molar-refractivity contribution in [2.24, 2.45) is 0 Å². The Morgan fingerprint density at radius 3 is 2.11 bits per heavy atom. The monoisotopic (exact) mass is 335 g/mol. The molecule has 0 amide bonds. The van der Waals surface area contributed by atoms with Crippen LogP contribution in [-0.2, 0) is 23.7 Å². The van der Waals surface area contributed by atoms with E-state index in [1.165, 1.54) is 21.3 Å². The van der Waals surface area contributed by atoms with Crippen LogP contribution in [0.5, 0.6) is 0 Å². The third-order valence-electron chi connectivity index (χ3n) is 2.72. The minimum absolute atomic E-state index is 0.215. The highest BCUT2D eigenvalue weighted by atomic mass is 35.6. The predicted octanol–water partition coefficient (Wildman–Crippen LogP) is 1.75. The Morgan fingerprint density at radius 2 is 1.68 bits per heavy atom. The number of alkyl halides is 3. The van der Waals surface area contributed by atoms with E-state index in [0.29, 0.717) is 0 Å². The molecular weight excluding hydrogens is 320 g/mol. The van der Waals surface area contributed by atoms with Crippen LogP contribution in [0.1, 0.15) is 0 Å². The van der Waals surface area contributed by atoms with Crippen LogP contribution >= 0.6 is 34.8 Å². The largest absolute Gasteiger partial charge is 0.445 e. The van der Waals surface area contributed by atoms with Crippen LogP contribution in [0.4, 0.5) is 0 Å². The minimum Gasteiger partial charge on any atom is -0.445 e. The zero-order valence-corrected chi connectivity index (χ0v) is 13.0. The molecule has 0 saturated carbocycles. The first-order valence-electron chi connectivity index (χ1n) is 5.37. The van der Waals surface area contributed by atoms with Crippen LogP contribution in [-0.4, -0.2) is 62.2 Å². The zero-order valence-electron chi connectivity index (χ0n) is 10.7. The molecule has 0 unspecified atom stereocenters. The number of nitrogens with one attached hydrogen (secondary N) is 1. The lowest BCUT2D eigenvalue weighted by Crippen LogP contribution is -2.56. The SMILES string of the molecule is CO[C@@H]1[C@@H](OC)[C@@H](OC(=N)C(Cl)(Cl)Cl)OC[C@H]1OC. The molecule has 1 heterocycles. The molecule has 0 radical (unpaired) electrons. The van der Waals surface area contributed by atoms with Crippen LogP contribution in [0.25, 0.3) is 0 Å². The third kappa shape index (κ3) is 4.32. The predicted molar refractivity (Wildman–Crippen MR) is 71.2 cm³/mol. The molecule has 0 spiro atoms. The van der Waals surface area contributed by atoms with Crippen molar-refractivity contribution in [2.45, 2.75) is 28.4 Å². The number of halogens is 3. The van der Waals surface area contributed by atoms with Crippen LogP contribution in [0.3, 0.4) is 0 Å². The van der Waals surface area contributed by atoms with E-state index in [-0.39, 0.29) is 12.7 Å². The summed E-state index contributed by atoms with van der Waals surface area (Å²) in [5.41, 5.74) is 0. The average Bonchev–Trinajstić information content (AvgIpc) is 2.36. The van der Waals surface area contributed by atoms with Crippen molar-refractivity contribution >= 4 is 40.7 Å². The highest BCUT2D eigenvalue weighted by Gasteiger charge is 2.44. The third-order valence-corrected chi connectivity index (χ3v) is 3.24. The van der Waals surface area contributed by atoms with E-state index < -0.39 is 28.2 Å². The molecule has 1 rings (SSSR count). The molecule has 1 aliphatic heterocycles. The normalized spacial score (nSPS) is 32.1. The first kappa shape index (κ1) is 17.2. The lowest BCUT2D eigenvalue weighted by atomic mass is 10.0. The Bertz CT molecular complexity index is 312. The van der Waals surface area contributed by atoms with E-state index in [1.54, 1.807) is 0 Å². The molecule has 19 heavy (non-hydrogen) atoms. The molecular formula is C10H16Cl3NO5. The van der Waals surface area contributed by atoms with Gasteiger partial charge in [0.2, 0.25) is 12.2 Å². The standard InChI is InChI=1S/C10H16Cl3NO5/c1-15-5-4-18-8(7(17-3)6(5)16-2)19-9(14)10(11,12)13/h5-8,14H,4H2,1-3H3/t5-,6+,7-,8-/m1/s1. The Morgan fingerprint density at radius 1 is 1.11 bits per heavy atom. The highest BCUT2D eigenvalue weighted by molar-refractivity contribution is 6.76. The number of rotatable bonds is 4. The first-order valence-corrected chi connectivity index (χ1v) is 6.51. The molecule has 1 N–H and O–H groups in total. The topological polar surface area (TPSA) is 70.0 Å². The average molecular weight is 337 g/mol. The molecule has 1 saturated heterocycles. The summed E-state index contributed by atoms with van der Waals surface area (Å²) in [6, 6.07) is 0. The van der Waals surface area contributed by atoms with Gasteiger partial charge < -0.3 is 23.7 Å². The molecule has 9 heteroatoms. The van der Waals surface area contributed by atoms with Gasteiger partial charge in [0, 0.05) is 21.3 Å². The molecule has 0 aromatic rings. The van der Waals surface area contributed by atoms with Gasteiger partial charge in [-0.2, -0.15) is 0 Å². The summed E-state index contributed by atoms with van der Waals surface area (Å²) in [6.07, 6.45) is -2.26. The first-order chi connectivity index (χ1) is 8.85. The Balaban J connectivity index is 2.76. The smallest absolute Gasteiger partial charge is 0.265 e. The van der Waals surface area contributed by atoms with Gasteiger partial charge in [-0.15, -0.1) is 0 Å². The number of ether oxygens (including phenoxy) is 5. The highest BCUT2D eigenvalue weighted by Crippen LogP contribution is 2.30. The van der Waals surface area contributed by atoms with Crippen molar-refractivity contribution < 1.29 is 23.7 Å². The Labute approximate surface area is 126 Å². The van der Waals surface area contributed by atoms with E-state index in [9.17, 15) is 0 Å². The van der Waals surface area contributed by atoms with Crippen molar-refractivity contribution in [3.8, 4) is 0 Å². The fraction of sp³-hybridized carbons (Fsp3) is 0.900. The second-order valence-corrected chi connectivity index (χ2v) is 6.10. The molecule has 0 aromatic heterocycles. The van der Waals surface area contributed by atoms with Crippen LogP contribution in [0.2, 0.25) is 0 Å². The van der Waals surface area contributed by atoms with Crippen molar-refractivity contribution in [3.05, 3.63) is 0 Å². The molecule has 6 nitrogen and oxygen atoms in total. The molecule has 1 aliphatic rings. The summed E-state index contributed by atoms with van der Waals surface area (Å²) in [5, 5.41) is 7.53. The molecule has 0 aromatic carbocycles. The van der Waals surface area contributed by atoms with Crippen molar-refractivity contribution in [1.29, 1.82) is 5.41 Å². The maximum absolute atomic E-state index is 7.53. The summed E-state index contributed by atoms with van der Waals surface area (Å²) in [4.78, 5) is 0. The molecule has 1 fully saturated rings. The second-order valence-electron chi connectivity index (χ2n) is 3.82. The van der Waals surface area contributed by atoms with Crippen molar-refractivity contribution in [1.82, 2.24) is 0 Å². The van der Waals surface area contributed by atoms with Gasteiger partial charge >= 0.3 is 0 Å². The Kier molecular flexibility index (Phi) is 6.59. The lowest BCUT2D eigenvalue weighted by molar-refractivity contribution is -0.263. The van der Waals surface area contributed by atoms with Gasteiger partial charge in [-0.25, -0.2) is 0 Å². The van der Waals surface area contributed by atoms with E-state index in [1.807, 2.05) is 0 Å². The van der Waals surface area contributed by atoms with E-state index in [2.05, 4.69) is 0 Å². The summed E-state index contributed by atoms with van der Waals surface area (Å²) in [6.45, 7) is 0.215. The van der Waals surface area contributed by atoms with Gasteiger partial charge in [0.1, 0.15) is 18.3 Å². The molecule has 4 atom stereocenters. The lowest BCUT2D eigenvalue weighted by Gasteiger charge is -2.40. The van der Waals surface area contributed by atoms with Gasteiger partial charge in [0.15, 0.2) is 0 Å². The van der Waals surface area contributed by atoms with E-state index in [4.69, 9.17) is 63.9 Å². The van der Waals surface area contributed by atoms with Crippen LogP contribution in [0, 0.1) is 5.41 Å². The summed E-state index contributed by atoms with van der Waals surface area (Å²) in [5.74, 6) is -0.546. The maximum Gasteiger partial charge on any atom is 0.265 e. The Hall–Kier alpha value is 0.180. The quantitative estimate of drug-likeness (QED) is 0.481. The number of hydrogen-bond donors (Lipinski definition) is 1. The van der Waals surface area contributed by atoms with Gasteiger partial charge in [0.25, 0.3) is 3.79 Å². The van der Waals surface area contributed by atoms with Crippen LogP contribution < -0.4 is 0 Å².